The van der Waals surface area contributed by atoms with Crippen molar-refractivity contribution in [2.75, 3.05) is 20.6 Å². The van der Waals surface area contributed by atoms with E-state index in [-0.39, 0.29) is 11.9 Å². The van der Waals surface area contributed by atoms with Gasteiger partial charge in [0.25, 0.3) is 0 Å². The molecule has 0 heterocycles. The lowest BCUT2D eigenvalue weighted by Crippen LogP contribution is -2.32. The monoisotopic (exact) mass is 364 g/mol. The molecule has 0 saturated heterocycles. The molecule has 0 saturated carbocycles. The number of benzene rings is 2. The SMILES string of the molecule is CN(C)CCC(NC(=O)Cc1ccc(Cl)cc1)c1ccc(Cl)cc1. The van der Waals surface area contributed by atoms with E-state index in [2.05, 4.69) is 10.2 Å². The van der Waals surface area contributed by atoms with Crippen molar-refractivity contribution in [3.63, 3.8) is 0 Å². The average molecular weight is 365 g/mol. The lowest BCUT2D eigenvalue weighted by Gasteiger charge is -2.21. The van der Waals surface area contributed by atoms with E-state index in [1.165, 1.54) is 0 Å². The van der Waals surface area contributed by atoms with Gasteiger partial charge in [0, 0.05) is 10.0 Å². The van der Waals surface area contributed by atoms with Gasteiger partial charge in [-0.2, -0.15) is 0 Å². The van der Waals surface area contributed by atoms with Crippen LogP contribution in [-0.2, 0) is 11.2 Å². The van der Waals surface area contributed by atoms with Gasteiger partial charge in [-0.25, -0.2) is 0 Å². The molecule has 1 N–H and O–H groups in total. The fourth-order valence-corrected chi connectivity index (χ4v) is 2.69. The van der Waals surface area contributed by atoms with Crippen molar-refractivity contribution in [3.05, 3.63) is 69.7 Å². The Bertz CT molecular complexity index is 654. The first-order chi connectivity index (χ1) is 11.4. The summed E-state index contributed by atoms with van der Waals surface area (Å²) in [7, 11) is 4.04. The molecule has 0 aliphatic heterocycles. The maximum atomic E-state index is 12.4. The van der Waals surface area contributed by atoms with Crippen molar-refractivity contribution >= 4 is 29.1 Å². The minimum absolute atomic E-state index is 0.00368. The number of halogens is 2. The number of nitrogens with one attached hydrogen (secondary N) is 1. The Hall–Kier alpha value is -1.55. The zero-order valence-corrected chi connectivity index (χ0v) is 15.4. The summed E-state index contributed by atoms with van der Waals surface area (Å²) in [4.78, 5) is 14.5. The highest BCUT2D eigenvalue weighted by atomic mass is 35.5. The lowest BCUT2D eigenvalue weighted by molar-refractivity contribution is -0.121. The predicted molar refractivity (Wildman–Crippen MR) is 101 cm³/mol. The van der Waals surface area contributed by atoms with E-state index < -0.39 is 0 Å². The van der Waals surface area contributed by atoms with Gasteiger partial charge < -0.3 is 10.2 Å². The van der Waals surface area contributed by atoms with Crippen molar-refractivity contribution in [1.29, 1.82) is 0 Å². The molecule has 0 bridgehead atoms. The molecule has 1 atom stereocenters. The van der Waals surface area contributed by atoms with Crippen LogP contribution >= 0.6 is 23.2 Å². The fourth-order valence-electron chi connectivity index (χ4n) is 2.44. The minimum atomic E-state index is -0.0375. The summed E-state index contributed by atoms with van der Waals surface area (Å²) in [5.74, 6) is -0.00368. The molecule has 0 radical (unpaired) electrons. The summed E-state index contributed by atoms with van der Waals surface area (Å²) in [5.41, 5.74) is 2.00. The Balaban J connectivity index is 2.04. The first-order valence-corrected chi connectivity index (χ1v) is 8.63. The normalized spacial score (nSPS) is 12.2. The van der Waals surface area contributed by atoms with Crippen molar-refractivity contribution in [1.82, 2.24) is 10.2 Å². The topological polar surface area (TPSA) is 32.3 Å². The highest BCUT2D eigenvalue weighted by molar-refractivity contribution is 6.30. The summed E-state index contributed by atoms with van der Waals surface area (Å²) >= 11 is 11.8. The van der Waals surface area contributed by atoms with Gasteiger partial charge in [0.15, 0.2) is 0 Å². The van der Waals surface area contributed by atoms with Gasteiger partial charge in [0.05, 0.1) is 12.5 Å². The minimum Gasteiger partial charge on any atom is -0.349 e. The summed E-state index contributed by atoms with van der Waals surface area (Å²) in [6.07, 6.45) is 1.17. The number of nitrogens with zero attached hydrogens (tertiary/aromatic N) is 1. The summed E-state index contributed by atoms with van der Waals surface area (Å²) < 4.78 is 0. The molecule has 0 spiro atoms. The standard InChI is InChI=1S/C19H22Cl2N2O/c1-23(2)12-11-18(15-5-9-17(21)10-6-15)22-19(24)13-14-3-7-16(20)8-4-14/h3-10,18H,11-13H2,1-2H3,(H,22,24). The fraction of sp³-hybridized carbons (Fsp3) is 0.316. The van der Waals surface area contributed by atoms with E-state index in [0.717, 1.165) is 24.1 Å². The number of amides is 1. The average Bonchev–Trinajstić information content (AvgIpc) is 2.54. The molecule has 1 unspecified atom stereocenters. The molecule has 128 valence electrons. The second-order valence-corrected chi connectivity index (χ2v) is 6.94. The molecule has 3 nitrogen and oxygen atoms in total. The Kier molecular flexibility index (Phi) is 7.10. The van der Waals surface area contributed by atoms with Gasteiger partial charge in [-0.15, -0.1) is 0 Å². The van der Waals surface area contributed by atoms with Gasteiger partial charge in [-0.05, 0) is 62.5 Å². The van der Waals surface area contributed by atoms with Crippen molar-refractivity contribution in [3.8, 4) is 0 Å². The van der Waals surface area contributed by atoms with E-state index in [4.69, 9.17) is 23.2 Å². The van der Waals surface area contributed by atoms with E-state index in [0.29, 0.717) is 16.5 Å². The van der Waals surface area contributed by atoms with Gasteiger partial charge in [-0.3, -0.25) is 4.79 Å². The van der Waals surface area contributed by atoms with Crippen LogP contribution in [0, 0.1) is 0 Å². The first kappa shape index (κ1) is 18.8. The molecule has 2 rings (SSSR count). The highest BCUT2D eigenvalue weighted by Gasteiger charge is 2.15. The molecule has 0 aliphatic rings. The maximum Gasteiger partial charge on any atom is 0.224 e. The van der Waals surface area contributed by atoms with Crippen LogP contribution in [0.15, 0.2) is 48.5 Å². The number of carbonyl (C=O) groups is 1. The predicted octanol–water partition coefficient (Wildman–Crippen LogP) is 4.35. The maximum absolute atomic E-state index is 12.4. The van der Waals surface area contributed by atoms with Crippen LogP contribution < -0.4 is 5.32 Å². The number of hydrogen-bond donors (Lipinski definition) is 1. The molecule has 0 aliphatic carbocycles. The molecule has 2 aromatic rings. The zero-order chi connectivity index (χ0) is 17.5. The van der Waals surface area contributed by atoms with Gasteiger partial charge in [-0.1, -0.05) is 47.5 Å². The van der Waals surface area contributed by atoms with E-state index in [1.807, 2.05) is 50.5 Å². The third-order valence-electron chi connectivity index (χ3n) is 3.75. The van der Waals surface area contributed by atoms with E-state index in [1.54, 1.807) is 12.1 Å². The van der Waals surface area contributed by atoms with Crippen LogP contribution in [0.3, 0.4) is 0 Å². The molecule has 2 aromatic carbocycles. The van der Waals surface area contributed by atoms with E-state index in [9.17, 15) is 4.79 Å². The van der Waals surface area contributed by atoms with Crippen LogP contribution in [0.5, 0.6) is 0 Å². The van der Waals surface area contributed by atoms with E-state index >= 15 is 0 Å². The molecule has 1 amide bonds. The smallest absolute Gasteiger partial charge is 0.224 e. The lowest BCUT2D eigenvalue weighted by atomic mass is 10.0. The molecule has 0 fully saturated rings. The van der Waals surface area contributed by atoms with Crippen LogP contribution in [0.1, 0.15) is 23.6 Å². The third-order valence-corrected chi connectivity index (χ3v) is 4.25. The van der Waals surface area contributed by atoms with Gasteiger partial charge in [0.2, 0.25) is 5.91 Å². The third kappa shape index (κ3) is 6.16. The highest BCUT2D eigenvalue weighted by Crippen LogP contribution is 2.20. The Labute approximate surface area is 153 Å². The second kappa shape index (κ2) is 9.07. The molecule has 0 aromatic heterocycles. The molecule has 24 heavy (non-hydrogen) atoms. The summed E-state index contributed by atoms with van der Waals surface area (Å²) in [6.45, 7) is 0.883. The van der Waals surface area contributed by atoms with Crippen molar-refractivity contribution in [2.24, 2.45) is 0 Å². The zero-order valence-electron chi connectivity index (χ0n) is 13.9. The van der Waals surface area contributed by atoms with Gasteiger partial charge in [0.1, 0.15) is 0 Å². The van der Waals surface area contributed by atoms with Gasteiger partial charge >= 0.3 is 0 Å². The second-order valence-electron chi connectivity index (χ2n) is 6.07. The molecular formula is C19H22Cl2N2O. The van der Waals surface area contributed by atoms with Crippen molar-refractivity contribution in [2.45, 2.75) is 18.9 Å². The first-order valence-electron chi connectivity index (χ1n) is 7.88. The van der Waals surface area contributed by atoms with Crippen LogP contribution in [0.4, 0.5) is 0 Å². The van der Waals surface area contributed by atoms with Crippen molar-refractivity contribution < 1.29 is 4.79 Å². The summed E-state index contributed by atoms with van der Waals surface area (Å²) in [5, 5.41) is 4.49. The number of rotatable bonds is 7. The summed E-state index contributed by atoms with van der Waals surface area (Å²) in [6, 6.07) is 14.9. The van der Waals surface area contributed by atoms with Crippen LogP contribution in [0.25, 0.3) is 0 Å². The van der Waals surface area contributed by atoms with Crippen LogP contribution in [-0.4, -0.2) is 31.4 Å². The Morgan fingerprint density at radius 1 is 1.00 bits per heavy atom. The molecular weight excluding hydrogens is 343 g/mol. The molecule has 5 heteroatoms. The Morgan fingerprint density at radius 3 is 2.08 bits per heavy atom. The number of carbonyl (C=O) groups excluding carboxylic acids is 1. The largest absolute Gasteiger partial charge is 0.349 e. The Morgan fingerprint density at radius 2 is 1.54 bits per heavy atom. The van der Waals surface area contributed by atoms with Crippen LogP contribution in [0.2, 0.25) is 10.0 Å². The number of hydrogen-bond acceptors (Lipinski definition) is 2. The quantitative estimate of drug-likeness (QED) is 0.792.